The van der Waals surface area contributed by atoms with E-state index in [0.29, 0.717) is 23.9 Å². The molecular weight excluding hydrogens is 252 g/mol. The Balaban J connectivity index is 1.74. The number of hydrogen-bond donors (Lipinski definition) is 1. The van der Waals surface area contributed by atoms with E-state index in [9.17, 15) is 0 Å². The molecule has 5 heteroatoms. The molecule has 1 spiro atoms. The van der Waals surface area contributed by atoms with Crippen LogP contribution in [0.5, 0.6) is 0 Å². The lowest BCUT2D eigenvalue weighted by Crippen LogP contribution is -2.45. The highest BCUT2D eigenvalue weighted by molar-refractivity contribution is 6.33. The van der Waals surface area contributed by atoms with Gasteiger partial charge in [0, 0.05) is 25.9 Å². The monoisotopic (exact) mass is 268 g/mol. The number of hydrogen-bond acceptors (Lipinski definition) is 4. The molecule has 0 unspecified atom stereocenters. The average molecular weight is 269 g/mol. The van der Waals surface area contributed by atoms with E-state index >= 15 is 0 Å². The van der Waals surface area contributed by atoms with Gasteiger partial charge in [0.25, 0.3) is 0 Å². The van der Waals surface area contributed by atoms with Gasteiger partial charge in [-0.1, -0.05) is 17.7 Å². The van der Waals surface area contributed by atoms with Gasteiger partial charge in [-0.15, -0.1) is 0 Å². The van der Waals surface area contributed by atoms with E-state index in [1.807, 2.05) is 18.2 Å². The number of benzene rings is 1. The van der Waals surface area contributed by atoms with Crippen molar-refractivity contribution >= 4 is 23.0 Å². The van der Waals surface area contributed by atoms with Gasteiger partial charge in [0.15, 0.2) is 5.79 Å². The van der Waals surface area contributed by atoms with E-state index in [4.69, 9.17) is 26.8 Å². The van der Waals surface area contributed by atoms with Gasteiger partial charge in [-0.25, -0.2) is 0 Å². The molecule has 4 nitrogen and oxygen atoms in total. The van der Waals surface area contributed by atoms with E-state index < -0.39 is 0 Å². The second kappa shape index (κ2) is 4.61. The van der Waals surface area contributed by atoms with Crippen LogP contribution in [0.1, 0.15) is 12.8 Å². The Hall–Kier alpha value is -0.970. The van der Waals surface area contributed by atoms with Gasteiger partial charge >= 0.3 is 0 Å². The summed E-state index contributed by atoms with van der Waals surface area (Å²) >= 11 is 6.05. The minimum absolute atomic E-state index is 0.343. The highest BCUT2D eigenvalue weighted by Gasteiger charge is 2.40. The van der Waals surface area contributed by atoms with Crippen LogP contribution >= 0.6 is 11.6 Å². The summed E-state index contributed by atoms with van der Waals surface area (Å²) in [7, 11) is 0. The van der Waals surface area contributed by atoms with Crippen molar-refractivity contribution in [2.24, 2.45) is 0 Å². The Bertz CT molecular complexity index is 437. The topological polar surface area (TPSA) is 47.7 Å². The largest absolute Gasteiger partial charge is 0.396 e. The summed E-state index contributed by atoms with van der Waals surface area (Å²) in [5, 5.41) is 0.612. The van der Waals surface area contributed by atoms with Gasteiger partial charge in [0.2, 0.25) is 0 Å². The first-order chi connectivity index (χ1) is 8.70. The highest BCUT2D eigenvalue weighted by atomic mass is 35.5. The lowest BCUT2D eigenvalue weighted by atomic mass is 10.0. The maximum absolute atomic E-state index is 6.05. The quantitative estimate of drug-likeness (QED) is 0.794. The molecule has 1 aromatic carbocycles. The van der Waals surface area contributed by atoms with Crippen molar-refractivity contribution < 1.29 is 9.47 Å². The summed E-state index contributed by atoms with van der Waals surface area (Å²) < 4.78 is 11.4. The molecule has 2 heterocycles. The predicted molar refractivity (Wildman–Crippen MR) is 71.9 cm³/mol. The molecule has 1 aromatic rings. The van der Waals surface area contributed by atoms with Crippen LogP contribution in [0, 0.1) is 0 Å². The number of nitrogens with two attached hydrogens (primary N) is 1. The Labute approximate surface area is 112 Å². The Morgan fingerprint density at radius 2 is 1.83 bits per heavy atom. The molecule has 98 valence electrons. The van der Waals surface area contributed by atoms with Crippen LogP contribution in [0.2, 0.25) is 5.02 Å². The molecule has 3 rings (SSSR count). The SMILES string of the molecule is Nc1c(Cl)cccc1N1CCC2(CC1)OCCO2. The standard InChI is InChI=1S/C13H17ClN2O2/c14-10-2-1-3-11(12(10)15)16-6-4-13(5-7-16)17-8-9-18-13/h1-3H,4-9,15H2. The number of rotatable bonds is 1. The zero-order chi connectivity index (χ0) is 12.6. The van der Waals surface area contributed by atoms with Crippen molar-refractivity contribution in [1.29, 1.82) is 0 Å². The van der Waals surface area contributed by atoms with Crippen LogP contribution in [0.25, 0.3) is 0 Å². The third-order valence-electron chi connectivity index (χ3n) is 3.71. The zero-order valence-electron chi connectivity index (χ0n) is 10.2. The van der Waals surface area contributed by atoms with Crippen LogP contribution in [-0.2, 0) is 9.47 Å². The number of ether oxygens (including phenoxy) is 2. The Morgan fingerprint density at radius 3 is 2.50 bits per heavy atom. The molecule has 2 fully saturated rings. The highest BCUT2D eigenvalue weighted by Crippen LogP contribution is 2.36. The van der Waals surface area contributed by atoms with Crippen LogP contribution in [0.15, 0.2) is 18.2 Å². The van der Waals surface area contributed by atoms with Crippen molar-refractivity contribution in [2.75, 3.05) is 36.9 Å². The molecule has 18 heavy (non-hydrogen) atoms. The first-order valence-electron chi connectivity index (χ1n) is 6.27. The molecule has 2 aliphatic rings. The fraction of sp³-hybridized carbons (Fsp3) is 0.538. The number of piperidine rings is 1. The number of para-hydroxylation sites is 1. The molecule has 0 saturated carbocycles. The van der Waals surface area contributed by atoms with Crippen molar-refractivity contribution in [1.82, 2.24) is 0 Å². The summed E-state index contributed by atoms with van der Waals surface area (Å²) in [6.45, 7) is 3.17. The molecule has 2 saturated heterocycles. The number of halogens is 1. The Kier molecular flexibility index (Phi) is 3.09. The molecule has 0 aliphatic carbocycles. The lowest BCUT2D eigenvalue weighted by Gasteiger charge is -2.39. The number of anilines is 2. The van der Waals surface area contributed by atoms with Gasteiger partial charge in [0.05, 0.1) is 29.6 Å². The number of nitrogen functional groups attached to an aromatic ring is 1. The summed E-state index contributed by atoms with van der Waals surface area (Å²) in [4.78, 5) is 2.25. The number of nitrogens with zero attached hydrogens (tertiary/aromatic N) is 1. The van der Waals surface area contributed by atoms with Gasteiger partial charge < -0.3 is 20.1 Å². The summed E-state index contributed by atoms with van der Waals surface area (Å²) in [5.41, 5.74) is 7.69. The normalized spacial score (nSPS) is 22.6. The van der Waals surface area contributed by atoms with Crippen molar-refractivity contribution in [2.45, 2.75) is 18.6 Å². The first-order valence-corrected chi connectivity index (χ1v) is 6.65. The summed E-state index contributed by atoms with van der Waals surface area (Å²) in [5.74, 6) is -0.343. The van der Waals surface area contributed by atoms with Crippen LogP contribution < -0.4 is 10.6 Å². The summed E-state index contributed by atoms with van der Waals surface area (Å²) in [6.07, 6.45) is 1.75. The zero-order valence-corrected chi connectivity index (χ0v) is 10.9. The molecule has 0 radical (unpaired) electrons. The predicted octanol–water partition coefficient (Wildman–Crippen LogP) is 2.27. The van der Waals surface area contributed by atoms with Gasteiger partial charge in [-0.05, 0) is 12.1 Å². The molecule has 2 N–H and O–H groups in total. The molecule has 0 amide bonds. The second-order valence-corrected chi connectivity index (χ2v) is 5.17. The smallest absolute Gasteiger partial charge is 0.171 e. The maximum atomic E-state index is 6.05. The van der Waals surface area contributed by atoms with Crippen LogP contribution in [-0.4, -0.2) is 32.1 Å². The van der Waals surface area contributed by atoms with Gasteiger partial charge in [-0.2, -0.15) is 0 Å². The van der Waals surface area contributed by atoms with E-state index in [-0.39, 0.29) is 5.79 Å². The fourth-order valence-corrected chi connectivity index (χ4v) is 2.84. The third kappa shape index (κ3) is 2.05. The van der Waals surface area contributed by atoms with Crippen LogP contribution in [0.4, 0.5) is 11.4 Å². The maximum Gasteiger partial charge on any atom is 0.171 e. The molecule has 0 aromatic heterocycles. The minimum Gasteiger partial charge on any atom is -0.396 e. The molecule has 2 aliphatic heterocycles. The second-order valence-electron chi connectivity index (χ2n) is 4.77. The first kappa shape index (κ1) is 12.1. The third-order valence-corrected chi connectivity index (χ3v) is 4.04. The van der Waals surface area contributed by atoms with Crippen LogP contribution in [0.3, 0.4) is 0 Å². The van der Waals surface area contributed by atoms with Crippen molar-refractivity contribution in [3.05, 3.63) is 23.2 Å². The molecule has 0 atom stereocenters. The van der Waals surface area contributed by atoms with E-state index in [2.05, 4.69) is 4.90 Å². The van der Waals surface area contributed by atoms with Gasteiger partial charge in [0.1, 0.15) is 0 Å². The van der Waals surface area contributed by atoms with Gasteiger partial charge in [-0.3, -0.25) is 0 Å². The fourth-order valence-electron chi connectivity index (χ4n) is 2.68. The van der Waals surface area contributed by atoms with E-state index in [1.54, 1.807) is 0 Å². The summed E-state index contributed by atoms with van der Waals surface area (Å²) in [6, 6.07) is 5.76. The molecular formula is C13H17ClN2O2. The Morgan fingerprint density at radius 1 is 1.17 bits per heavy atom. The van der Waals surface area contributed by atoms with E-state index in [1.165, 1.54) is 0 Å². The lowest BCUT2D eigenvalue weighted by molar-refractivity contribution is -0.169. The van der Waals surface area contributed by atoms with E-state index in [0.717, 1.165) is 31.6 Å². The minimum atomic E-state index is -0.343. The van der Waals surface area contributed by atoms with Crippen molar-refractivity contribution in [3.63, 3.8) is 0 Å². The average Bonchev–Trinajstić information content (AvgIpc) is 2.83. The molecule has 0 bridgehead atoms. The van der Waals surface area contributed by atoms with Crippen molar-refractivity contribution in [3.8, 4) is 0 Å².